The van der Waals surface area contributed by atoms with Crippen LogP contribution in [0.2, 0.25) is 0 Å². The average Bonchev–Trinajstić information content (AvgIpc) is 2.16. The van der Waals surface area contributed by atoms with Crippen molar-refractivity contribution in [2.75, 3.05) is 13.7 Å². The number of methoxy groups -OCH3 is 1. The summed E-state index contributed by atoms with van der Waals surface area (Å²) in [5, 5.41) is 0. The minimum Gasteiger partial charge on any atom is -0.378 e. The highest BCUT2D eigenvalue weighted by Crippen LogP contribution is 2.38. The van der Waals surface area contributed by atoms with Gasteiger partial charge in [0.1, 0.15) is 0 Å². The maximum atomic E-state index is 5.56. The third kappa shape index (κ3) is 3.72. The van der Waals surface area contributed by atoms with Crippen molar-refractivity contribution in [2.45, 2.75) is 57.3 Å². The number of hydrogen-bond acceptors (Lipinski definition) is 4. The molecule has 0 radical (unpaired) electrons. The zero-order valence-electron chi connectivity index (χ0n) is 10.1. The third-order valence-corrected chi connectivity index (χ3v) is 3.18. The topological polar surface area (TPSA) is 56.5 Å². The van der Waals surface area contributed by atoms with E-state index >= 15 is 0 Å². The molecule has 1 aliphatic rings. The number of nitrogens with one attached hydrogen (secondary N) is 1. The highest BCUT2D eigenvalue weighted by Gasteiger charge is 2.38. The minimum absolute atomic E-state index is 0.0530. The van der Waals surface area contributed by atoms with Crippen molar-refractivity contribution in [3.05, 3.63) is 0 Å². The summed E-state index contributed by atoms with van der Waals surface area (Å²) in [6, 6.07) is 0.188. The summed E-state index contributed by atoms with van der Waals surface area (Å²) in [7, 11) is 1.79. The first-order valence-corrected chi connectivity index (χ1v) is 5.75. The van der Waals surface area contributed by atoms with Gasteiger partial charge in [0.15, 0.2) is 0 Å². The molecule has 1 fully saturated rings. The molecule has 4 nitrogen and oxygen atoms in total. The second-order valence-corrected chi connectivity index (χ2v) is 4.69. The predicted octanol–water partition coefficient (Wildman–Crippen LogP) is 1.20. The first-order chi connectivity index (χ1) is 7.12. The Morgan fingerprint density at radius 1 is 1.40 bits per heavy atom. The van der Waals surface area contributed by atoms with E-state index in [0.29, 0.717) is 6.61 Å². The standard InChI is InChI=1S/C11H24N2O2/c1-9(2)15-8-10(13-12)7-11(14-3)5-4-6-11/h9-10,13H,4-8,12H2,1-3H3. The van der Waals surface area contributed by atoms with Crippen molar-refractivity contribution < 1.29 is 9.47 Å². The molecule has 1 aliphatic carbocycles. The van der Waals surface area contributed by atoms with Gasteiger partial charge in [-0.3, -0.25) is 11.3 Å². The smallest absolute Gasteiger partial charge is 0.0695 e. The molecule has 0 aromatic heterocycles. The first-order valence-electron chi connectivity index (χ1n) is 5.75. The molecular formula is C11H24N2O2. The van der Waals surface area contributed by atoms with Gasteiger partial charge in [0.2, 0.25) is 0 Å². The van der Waals surface area contributed by atoms with E-state index in [1.807, 2.05) is 13.8 Å². The number of ether oxygens (including phenoxy) is 2. The molecule has 0 aromatic rings. The van der Waals surface area contributed by atoms with Gasteiger partial charge >= 0.3 is 0 Å². The molecule has 4 heteroatoms. The molecule has 0 amide bonds. The average molecular weight is 216 g/mol. The van der Waals surface area contributed by atoms with E-state index in [1.165, 1.54) is 6.42 Å². The van der Waals surface area contributed by atoms with Gasteiger partial charge < -0.3 is 9.47 Å². The Labute approximate surface area is 92.5 Å². The van der Waals surface area contributed by atoms with E-state index in [9.17, 15) is 0 Å². The van der Waals surface area contributed by atoms with Crippen LogP contribution in [0.4, 0.5) is 0 Å². The highest BCUT2D eigenvalue weighted by atomic mass is 16.5. The quantitative estimate of drug-likeness (QED) is 0.496. The third-order valence-electron chi connectivity index (χ3n) is 3.18. The normalized spacial score (nSPS) is 21.4. The van der Waals surface area contributed by atoms with Crippen LogP contribution in [0, 0.1) is 0 Å². The van der Waals surface area contributed by atoms with E-state index in [2.05, 4.69) is 5.43 Å². The van der Waals surface area contributed by atoms with Crippen LogP contribution < -0.4 is 11.3 Å². The van der Waals surface area contributed by atoms with Gasteiger partial charge in [-0.25, -0.2) is 0 Å². The molecule has 0 aromatic carbocycles. The summed E-state index contributed by atoms with van der Waals surface area (Å²) in [4.78, 5) is 0. The van der Waals surface area contributed by atoms with E-state index in [1.54, 1.807) is 7.11 Å². The molecule has 0 spiro atoms. The van der Waals surface area contributed by atoms with Crippen LogP contribution in [0.15, 0.2) is 0 Å². The molecule has 0 aliphatic heterocycles. The Bertz CT molecular complexity index is 176. The summed E-state index contributed by atoms with van der Waals surface area (Å²) in [5.41, 5.74) is 2.86. The zero-order valence-corrected chi connectivity index (χ0v) is 10.1. The van der Waals surface area contributed by atoms with Gasteiger partial charge in [-0.2, -0.15) is 0 Å². The second-order valence-electron chi connectivity index (χ2n) is 4.69. The lowest BCUT2D eigenvalue weighted by molar-refractivity contribution is -0.0898. The van der Waals surface area contributed by atoms with Crippen molar-refractivity contribution in [2.24, 2.45) is 5.84 Å². The molecule has 1 saturated carbocycles. The zero-order chi connectivity index (χ0) is 11.3. The molecule has 1 unspecified atom stereocenters. The largest absolute Gasteiger partial charge is 0.378 e. The monoisotopic (exact) mass is 216 g/mol. The Hall–Kier alpha value is -0.160. The van der Waals surface area contributed by atoms with Crippen molar-refractivity contribution in [3.8, 4) is 0 Å². The van der Waals surface area contributed by atoms with Crippen molar-refractivity contribution in [1.29, 1.82) is 0 Å². The van der Waals surface area contributed by atoms with E-state index in [4.69, 9.17) is 15.3 Å². The molecule has 0 saturated heterocycles. The number of hydrazine groups is 1. The SMILES string of the molecule is COC1(CC(COC(C)C)NN)CCC1. The summed E-state index contributed by atoms with van der Waals surface area (Å²) >= 11 is 0. The molecule has 90 valence electrons. The van der Waals surface area contributed by atoms with Gasteiger partial charge in [0.05, 0.1) is 18.3 Å². The van der Waals surface area contributed by atoms with Gasteiger partial charge in [-0.15, -0.1) is 0 Å². The van der Waals surface area contributed by atoms with Crippen molar-refractivity contribution in [1.82, 2.24) is 5.43 Å². The van der Waals surface area contributed by atoms with Crippen molar-refractivity contribution in [3.63, 3.8) is 0 Å². The molecule has 3 N–H and O–H groups in total. The number of rotatable bonds is 7. The summed E-state index contributed by atoms with van der Waals surface area (Å²) in [5.74, 6) is 5.51. The maximum absolute atomic E-state index is 5.56. The highest BCUT2D eigenvalue weighted by molar-refractivity contribution is 4.92. The summed E-state index contributed by atoms with van der Waals surface area (Å²) in [6.45, 7) is 4.71. The predicted molar refractivity (Wildman–Crippen MR) is 60.4 cm³/mol. The Balaban J connectivity index is 2.31. The van der Waals surface area contributed by atoms with Crippen LogP contribution in [0.25, 0.3) is 0 Å². The number of hydrogen-bond donors (Lipinski definition) is 2. The fraction of sp³-hybridized carbons (Fsp3) is 1.00. The van der Waals surface area contributed by atoms with Crippen LogP contribution >= 0.6 is 0 Å². The lowest BCUT2D eigenvalue weighted by atomic mass is 9.76. The summed E-state index contributed by atoms with van der Waals surface area (Å²) in [6.07, 6.45) is 4.73. The molecule has 0 bridgehead atoms. The molecule has 15 heavy (non-hydrogen) atoms. The van der Waals surface area contributed by atoms with Crippen LogP contribution in [0.5, 0.6) is 0 Å². The first kappa shape index (κ1) is 12.9. The Morgan fingerprint density at radius 3 is 2.40 bits per heavy atom. The molecular weight excluding hydrogens is 192 g/mol. The van der Waals surface area contributed by atoms with Crippen LogP contribution in [-0.4, -0.2) is 31.5 Å². The lowest BCUT2D eigenvalue weighted by Gasteiger charge is -2.42. The lowest BCUT2D eigenvalue weighted by Crippen LogP contribution is -2.49. The van der Waals surface area contributed by atoms with Gasteiger partial charge in [0, 0.05) is 13.2 Å². The Morgan fingerprint density at radius 2 is 2.07 bits per heavy atom. The van der Waals surface area contributed by atoms with Crippen LogP contribution in [0.1, 0.15) is 39.5 Å². The van der Waals surface area contributed by atoms with E-state index in [0.717, 1.165) is 19.3 Å². The fourth-order valence-electron chi connectivity index (χ4n) is 1.99. The van der Waals surface area contributed by atoms with E-state index < -0.39 is 0 Å². The van der Waals surface area contributed by atoms with Gasteiger partial charge in [-0.05, 0) is 39.5 Å². The van der Waals surface area contributed by atoms with Crippen molar-refractivity contribution >= 4 is 0 Å². The molecule has 0 heterocycles. The minimum atomic E-state index is 0.0530. The molecule has 1 atom stereocenters. The number of nitrogens with two attached hydrogens (primary N) is 1. The summed E-state index contributed by atoms with van der Waals surface area (Å²) < 4.78 is 11.1. The fourth-order valence-corrected chi connectivity index (χ4v) is 1.99. The molecule has 1 rings (SSSR count). The van der Waals surface area contributed by atoms with E-state index in [-0.39, 0.29) is 17.7 Å². The van der Waals surface area contributed by atoms with Gasteiger partial charge in [-0.1, -0.05) is 0 Å². The maximum Gasteiger partial charge on any atom is 0.0695 e. The van der Waals surface area contributed by atoms with Gasteiger partial charge in [0.25, 0.3) is 0 Å². The van der Waals surface area contributed by atoms with Crippen LogP contribution in [0.3, 0.4) is 0 Å². The second kappa shape index (κ2) is 5.80. The Kier molecular flexibility index (Phi) is 4.99. The van der Waals surface area contributed by atoms with Crippen LogP contribution in [-0.2, 0) is 9.47 Å².